The van der Waals surface area contributed by atoms with E-state index in [0.717, 1.165) is 5.56 Å². The zero-order chi connectivity index (χ0) is 12.9. The normalized spacial score (nSPS) is 13.4. The van der Waals surface area contributed by atoms with Gasteiger partial charge in [-0.25, -0.2) is 0 Å². The summed E-state index contributed by atoms with van der Waals surface area (Å²) in [6.45, 7) is 6.74. The van der Waals surface area contributed by atoms with Crippen molar-refractivity contribution in [2.45, 2.75) is 39.8 Å². The second kappa shape index (κ2) is 5.82. The number of carboxylic acid groups (broad SMARTS) is 1. The third kappa shape index (κ3) is 5.50. The molecule has 0 heterocycles. The highest BCUT2D eigenvalue weighted by molar-refractivity contribution is 5.73. The molecule has 1 aromatic carbocycles. The lowest BCUT2D eigenvalue weighted by molar-refractivity contribution is -0.140. The first-order chi connectivity index (χ1) is 7.88. The van der Waals surface area contributed by atoms with Crippen LogP contribution in [0.5, 0.6) is 0 Å². The molecular formula is C14H21NO2. The molecule has 17 heavy (non-hydrogen) atoms. The van der Waals surface area contributed by atoms with E-state index in [0.29, 0.717) is 13.0 Å². The predicted molar refractivity (Wildman–Crippen MR) is 68.8 cm³/mol. The molecular weight excluding hydrogens is 214 g/mol. The van der Waals surface area contributed by atoms with Gasteiger partial charge in [-0.2, -0.15) is 0 Å². The molecule has 94 valence electrons. The summed E-state index contributed by atoms with van der Waals surface area (Å²) in [5.74, 6) is -0.782. The van der Waals surface area contributed by atoms with Gasteiger partial charge < -0.3 is 10.4 Å². The molecule has 0 spiro atoms. The summed E-state index contributed by atoms with van der Waals surface area (Å²) in [6, 6.07) is 9.35. The van der Waals surface area contributed by atoms with Crippen molar-refractivity contribution in [3.8, 4) is 0 Å². The Kier molecular flexibility index (Phi) is 4.70. The van der Waals surface area contributed by atoms with Gasteiger partial charge in [-0.3, -0.25) is 4.79 Å². The zero-order valence-corrected chi connectivity index (χ0v) is 10.7. The summed E-state index contributed by atoms with van der Waals surface area (Å²) in [7, 11) is 0. The van der Waals surface area contributed by atoms with E-state index >= 15 is 0 Å². The molecule has 3 nitrogen and oxygen atoms in total. The van der Waals surface area contributed by atoms with Crippen molar-refractivity contribution in [3.63, 3.8) is 0 Å². The maximum Gasteiger partial charge on any atom is 0.320 e. The van der Waals surface area contributed by atoms with Gasteiger partial charge in [-0.1, -0.05) is 51.1 Å². The van der Waals surface area contributed by atoms with E-state index in [1.54, 1.807) is 0 Å². The third-order valence-electron chi connectivity index (χ3n) is 2.51. The third-order valence-corrected chi connectivity index (χ3v) is 2.51. The van der Waals surface area contributed by atoms with E-state index < -0.39 is 12.0 Å². The Morgan fingerprint density at radius 2 is 1.88 bits per heavy atom. The van der Waals surface area contributed by atoms with Crippen molar-refractivity contribution >= 4 is 5.97 Å². The molecule has 0 aliphatic heterocycles. The molecule has 1 atom stereocenters. The van der Waals surface area contributed by atoms with Crippen LogP contribution in [0.1, 0.15) is 32.8 Å². The van der Waals surface area contributed by atoms with Crippen molar-refractivity contribution in [1.29, 1.82) is 0 Å². The molecule has 3 heteroatoms. The predicted octanol–water partition coefficient (Wildman–Crippen LogP) is 2.67. The fourth-order valence-corrected chi connectivity index (χ4v) is 1.70. The SMILES string of the molecule is CC(C)(C)C[C@H](NCc1ccccc1)C(=O)O. The number of benzene rings is 1. The molecule has 0 fully saturated rings. The fraction of sp³-hybridized carbons (Fsp3) is 0.500. The molecule has 0 aliphatic carbocycles. The Morgan fingerprint density at radius 1 is 1.29 bits per heavy atom. The number of carboxylic acids is 1. The molecule has 0 unspecified atom stereocenters. The average Bonchev–Trinajstić information content (AvgIpc) is 2.24. The molecule has 0 bridgehead atoms. The van der Waals surface area contributed by atoms with Gasteiger partial charge in [-0.05, 0) is 17.4 Å². The standard InChI is InChI=1S/C14H21NO2/c1-14(2,3)9-12(13(16)17)15-10-11-7-5-4-6-8-11/h4-8,12,15H,9-10H2,1-3H3,(H,16,17)/t12-/m0/s1. The summed E-state index contributed by atoms with van der Waals surface area (Å²) < 4.78 is 0. The van der Waals surface area contributed by atoms with Crippen molar-refractivity contribution in [1.82, 2.24) is 5.32 Å². The molecule has 0 saturated heterocycles. The molecule has 0 amide bonds. The van der Waals surface area contributed by atoms with E-state index in [1.807, 2.05) is 51.1 Å². The summed E-state index contributed by atoms with van der Waals surface area (Å²) >= 11 is 0. The van der Waals surface area contributed by atoms with Gasteiger partial charge in [0.25, 0.3) is 0 Å². The van der Waals surface area contributed by atoms with E-state index in [9.17, 15) is 4.79 Å². The lowest BCUT2D eigenvalue weighted by Crippen LogP contribution is -2.39. The second-order valence-electron chi connectivity index (χ2n) is 5.52. The molecule has 0 radical (unpaired) electrons. The number of nitrogens with one attached hydrogen (secondary N) is 1. The van der Waals surface area contributed by atoms with Crippen LogP contribution < -0.4 is 5.32 Å². The number of carbonyl (C=O) groups is 1. The Labute approximate surface area is 103 Å². The molecule has 1 rings (SSSR count). The Bertz CT molecular complexity index is 354. The van der Waals surface area contributed by atoms with Gasteiger partial charge in [0.1, 0.15) is 6.04 Å². The number of rotatable bonds is 5. The lowest BCUT2D eigenvalue weighted by atomic mass is 9.88. The minimum absolute atomic E-state index is 0.00669. The van der Waals surface area contributed by atoms with Crippen molar-refractivity contribution < 1.29 is 9.90 Å². The maximum atomic E-state index is 11.1. The Balaban J connectivity index is 2.54. The van der Waals surface area contributed by atoms with Crippen molar-refractivity contribution in [3.05, 3.63) is 35.9 Å². The number of hydrogen-bond acceptors (Lipinski definition) is 2. The summed E-state index contributed by atoms with van der Waals surface area (Å²) in [6.07, 6.45) is 0.620. The minimum atomic E-state index is -0.782. The van der Waals surface area contributed by atoms with Crippen LogP contribution in [0.25, 0.3) is 0 Å². The van der Waals surface area contributed by atoms with Crippen LogP contribution in [0.4, 0.5) is 0 Å². The maximum absolute atomic E-state index is 11.1. The van der Waals surface area contributed by atoms with Gasteiger partial charge in [0, 0.05) is 6.54 Å². The van der Waals surface area contributed by atoms with Crippen molar-refractivity contribution in [2.75, 3.05) is 0 Å². The molecule has 2 N–H and O–H groups in total. The van der Waals surface area contributed by atoms with E-state index in [-0.39, 0.29) is 5.41 Å². The minimum Gasteiger partial charge on any atom is -0.480 e. The molecule has 0 saturated carbocycles. The van der Waals surface area contributed by atoms with E-state index in [4.69, 9.17) is 5.11 Å². The first-order valence-corrected chi connectivity index (χ1v) is 5.88. The van der Waals surface area contributed by atoms with Gasteiger partial charge in [0.15, 0.2) is 0 Å². The molecule has 1 aromatic rings. The lowest BCUT2D eigenvalue weighted by Gasteiger charge is -2.24. The summed E-state index contributed by atoms with van der Waals surface area (Å²) in [5, 5.41) is 12.2. The topological polar surface area (TPSA) is 49.3 Å². The summed E-state index contributed by atoms with van der Waals surface area (Å²) in [5.41, 5.74) is 1.11. The van der Waals surface area contributed by atoms with E-state index in [2.05, 4.69) is 5.32 Å². The van der Waals surface area contributed by atoms with Crippen LogP contribution in [0.15, 0.2) is 30.3 Å². The second-order valence-corrected chi connectivity index (χ2v) is 5.52. The largest absolute Gasteiger partial charge is 0.480 e. The quantitative estimate of drug-likeness (QED) is 0.825. The van der Waals surface area contributed by atoms with Crippen LogP contribution in [0, 0.1) is 5.41 Å². The first kappa shape index (κ1) is 13.7. The van der Waals surface area contributed by atoms with Gasteiger partial charge in [0.05, 0.1) is 0 Å². The highest BCUT2D eigenvalue weighted by Gasteiger charge is 2.23. The van der Waals surface area contributed by atoms with Crippen LogP contribution in [0.3, 0.4) is 0 Å². The Hall–Kier alpha value is -1.35. The van der Waals surface area contributed by atoms with Crippen LogP contribution >= 0.6 is 0 Å². The van der Waals surface area contributed by atoms with Crippen LogP contribution in [-0.2, 0) is 11.3 Å². The fourth-order valence-electron chi connectivity index (χ4n) is 1.70. The molecule has 0 aromatic heterocycles. The van der Waals surface area contributed by atoms with Crippen LogP contribution in [0.2, 0.25) is 0 Å². The van der Waals surface area contributed by atoms with Gasteiger partial charge in [0.2, 0.25) is 0 Å². The van der Waals surface area contributed by atoms with Gasteiger partial charge >= 0.3 is 5.97 Å². The highest BCUT2D eigenvalue weighted by Crippen LogP contribution is 2.21. The zero-order valence-electron chi connectivity index (χ0n) is 10.7. The number of hydrogen-bond donors (Lipinski definition) is 2. The average molecular weight is 235 g/mol. The van der Waals surface area contributed by atoms with Crippen molar-refractivity contribution in [2.24, 2.45) is 5.41 Å². The first-order valence-electron chi connectivity index (χ1n) is 5.88. The van der Waals surface area contributed by atoms with Crippen LogP contribution in [-0.4, -0.2) is 17.1 Å². The smallest absolute Gasteiger partial charge is 0.320 e. The summed E-state index contributed by atoms with van der Waals surface area (Å²) in [4.78, 5) is 11.1. The Morgan fingerprint density at radius 3 is 2.35 bits per heavy atom. The number of aliphatic carboxylic acids is 1. The monoisotopic (exact) mass is 235 g/mol. The van der Waals surface area contributed by atoms with E-state index in [1.165, 1.54) is 0 Å². The highest BCUT2D eigenvalue weighted by atomic mass is 16.4. The molecule has 0 aliphatic rings. The van der Waals surface area contributed by atoms with Gasteiger partial charge in [-0.15, -0.1) is 0 Å².